The van der Waals surface area contributed by atoms with Crippen LogP contribution in [0.2, 0.25) is 0 Å². The second-order valence-corrected chi connectivity index (χ2v) is 6.97. The van der Waals surface area contributed by atoms with Crippen LogP contribution >= 0.6 is 0 Å². The zero-order valence-corrected chi connectivity index (χ0v) is 15.5. The summed E-state index contributed by atoms with van der Waals surface area (Å²) in [5, 5.41) is 3.09. The third-order valence-corrected chi connectivity index (χ3v) is 5.02. The molecule has 5 heteroatoms. The van der Waals surface area contributed by atoms with Crippen LogP contribution < -0.4 is 15.5 Å². The van der Waals surface area contributed by atoms with Crippen LogP contribution in [0.1, 0.15) is 53.8 Å². The smallest absolute Gasteiger partial charge is 0.272 e. The fraction of sp³-hybridized carbons (Fsp3) is 0.429. The molecule has 1 N–H and O–H groups in total. The summed E-state index contributed by atoms with van der Waals surface area (Å²) in [6.45, 7) is 2.07. The Kier molecular flexibility index (Phi) is 5.76. The molecule has 0 atom stereocenters. The summed E-state index contributed by atoms with van der Waals surface area (Å²) in [7, 11) is 1.79. The first-order valence-electron chi connectivity index (χ1n) is 9.24. The van der Waals surface area contributed by atoms with E-state index in [1.807, 2.05) is 37.3 Å². The van der Waals surface area contributed by atoms with Crippen molar-refractivity contribution in [3.63, 3.8) is 0 Å². The van der Waals surface area contributed by atoms with E-state index in [1.54, 1.807) is 11.6 Å². The molecule has 1 amide bonds. The summed E-state index contributed by atoms with van der Waals surface area (Å²) in [6, 6.07) is 11.3. The van der Waals surface area contributed by atoms with Gasteiger partial charge in [0.1, 0.15) is 6.61 Å². The van der Waals surface area contributed by atoms with Gasteiger partial charge in [-0.3, -0.25) is 9.59 Å². The molecule has 0 aliphatic heterocycles. The third-order valence-electron chi connectivity index (χ3n) is 5.02. The molecule has 0 spiro atoms. The molecule has 2 aromatic rings. The second kappa shape index (κ2) is 8.21. The van der Waals surface area contributed by atoms with Crippen LogP contribution in [0.15, 0.2) is 41.2 Å². The molecule has 1 heterocycles. The van der Waals surface area contributed by atoms with Gasteiger partial charge < -0.3 is 14.6 Å². The molecule has 0 saturated heterocycles. The average molecular weight is 354 g/mol. The number of hydrogen-bond donors (Lipinski definition) is 1. The molecule has 1 saturated carbocycles. The van der Waals surface area contributed by atoms with Gasteiger partial charge in [-0.2, -0.15) is 0 Å². The molecule has 1 aliphatic rings. The van der Waals surface area contributed by atoms with Crippen LogP contribution in [0.5, 0.6) is 5.75 Å². The Labute approximate surface area is 154 Å². The quantitative estimate of drug-likeness (QED) is 0.896. The van der Waals surface area contributed by atoms with Crippen molar-refractivity contribution in [1.29, 1.82) is 0 Å². The Morgan fingerprint density at radius 2 is 1.88 bits per heavy atom. The van der Waals surface area contributed by atoms with E-state index in [9.17, 15) is 9.59 Å². The van der Waals surface area contributed by atoms with Crippen LogP contribution in [-0.4, -0.2) is 16.5 Å². The van der Waals surface area contributed by atoms with Gasteiger partial charge in [-0.1, -0.05) is 49.6 Å². The van der Waals surface area contributed by atoms with Gasteiger partial charge in [-0.25, -0.2) is 0 Å². The summed E-state index contributed by atoms with van der Waals surface area (Å²) >= 11 is 0. The molecule has 26 heavy (non-hydrogen) atoms. The lowest BCUT2D eigenvalue weighted by Crippen LogP contribution is -2.38. The highest BCUT2D eigenvalue weighted by Gasteiger charge is 2.23. The van der Waals surface area contributed by atoms with E-state index < -0.39 is 0 Å². The molecule has 138 valence electrons. The molecule has 1 aromatic heterocycles. The molecule has 3 rings (SSSR count). The molecule has 0 radical (unpaired) electrons. The summed E-state index contributed by atoms with van der Waals surface area (Å²) in [6.07, 6.45) is 5.47. The van der Waals surface area contributed by atoms with E-state index in [0.29, 0.717) is 5.69 Å². The number of carbonyl (C=O) groups is 1. The van der Waals surface area contributed by atoms with E-state index in [-0.39, 0.29) is 29.7 Å². The van der Waals surface area contributed by atoms with E-state index in [0.717, 1.165) is 36.9 Å². The van der Waals surface area contributed by atoms with Crippen molar-refractivity contribution in [2.24, 2.45) is 7.05 Å². The number of ether oxygens (including phenoxy) is 1. The van der Waals surface area contributed by atoms with Crippen molar-refractivity contribution in [2.45, 2.75) is 51.7 Å². The average Bonchev–Trinajstić information content (AvgIpc) is 2.65. The number of rotatable bonds is 5. The van der Waals surface area contributed by atoms with Gasteiger partial charge >= 0.3 is 0 Å². The summed E-state index contributed by atoms with van der Waals surface area (Å²) < 4.78 is 7.54. The van der Waals surface area contributed by atoms with Crippen molar-refractivity contribution < 1.29 is 9.53 Å². The molecule has 0 bridgehead atoms. The van der Waals surface area contributed by atoms with Crippen molar-refractivity contribution in [2.75, 3.05) is 0 Å². The number of pyridine rings is 1. The lowest BCUT2D eigenvalue weighted by molar-refractivity contribution is 0.0912. The highest BCUT2D eigenvalue weighted by molar-refractivity contribution is 5.95. The van der Waals surface area contributed by atoms with Crippen LogP contribution in [0, 0.1) is 6.92 Å². The molecule has 1 aliphatic carbocycles. The minimum atomic E-state index is -0.259. The van der Waals surface area contributed by atoms with Gasteiger partial charge in [0.25, 0.3) is 5.91 Å². The number of benzene rings is 1. The van der Waals surface area contributed by atoms with Crippen LogP contribution in [0.25, 0.3) is 0 Å². The molecule has 1 aromatic carbocycles. The predicted octanol–water partition coefficient (Wildman–Crippen LogP) is 3.34. The molecular weight excluding hydrogens is 328 g/mol. The lowest BCUT2D eigenvalue weighted by atomic mass is 9.95. The van der Waals surface area contributed by atoms with Crippen molar-refractivity contribution in [1.82, 2.24) is 9.88 Å². The first kappa shape index (κ1) is 18.2. The predicted molar refractivity (Wildman–Crippen MR) is 102 cm³/mol. The van der Waals surface area contributed by atoms with Gasteiger partial charge in [0, 0.05) is 24.8 Å². The molecule has 0 unspecified atom stereocenters. The van der Waals surface area contributed by atoms with Crippen molar-refractivity contribution >= 4 is 5.91 Å². The Bertz CT molecular complexity index is 821. The number of nitrogens with one attached hydrogen (secondary N) is 1. The fourth-order valence-corrected chi connectivity index (χ4v) is 3.42. The summed E-state index contributed by atoms with van der Waals surface area (Å²) in [5.74, 6) is -0.112. The second-order valence-electron chi connectivity index (χ2n) is 6.97. The highest BCUT2D eigenvalue weighted by Crippen LogP contribution is 2.20. The van der Waals surface area contributed by atoms with Gasteiger partial charge in [0.15, 0.2) is 11.4 Å². The topological polar surface area (TPSA) is 60.3 Å². The summed E-state index contributed by atoms with van der Waals surface area (Å²) in [5.41, 5.74) is 1.73. The lowest BCUT2D eigenvalue weighted by Gasteiger charge is -2.24. The SMILES string of the molecule is Cc1cc(=O)c(OCc2ccccc2)c(C(=O)NC2CCCCC2)n1C. The Hall–Kier alpha value is -2.56. The van der Waals surface area contributed by atoms with E-state index in [1.165, 1.54) is 12.5 Å². The Balaban J connectivity index is 1.86. The first-order valence-corrected chi connectivity index (χ1v) is 9.24. The Morgan fingerprint density at radius 1 is 1.19 bits per heavy atom. The number of nitrogens with zero attached hydrogens (tertiary/aromatic N) is 1. The van der Waals surface area contributed by atoms with E-state index >= 15 is 0 Å². The zero-order chi connectivity index (χ0) is 18.5. The van der Waals surface area contributed by atoms with Crippen LogP contribution in [0.3, 0.4) is 0 Å². The standard InChI is InChI=1S/C21H26N2O3/c1-15-13-18(24)20(26-14-16-9-5-3-6-10-16)19(23(15)2)21(25)22-17-11-7-4-8-12-17/h3,5-6,9-10,13,17H,4,7-8,11-12,14H2,1-2H3,(H,22,25). The van der Waals surface area contributed by atoms with Crippen LogP contribution in [-0.2, 0) is 13.7 Å². The molecule has 5 nitrogen and oxygen atoms in total. The van der Waals surface area contributed by atoms with Gasteiger partial charge in [-0.05, 0) is 25.3 Å². The van der Waals surface area contributed by atoms with Crippen molar-refractivity contribution in [3.05, 3.63) is 63.6 Å². The molecule has 1 fully saturated rings. The third kappa shape index (κ3) is 4.15. The number of carbonyl (C=O) groups excluding carboxylic acids is 1. The monoisotopic (exact) mass is 354 g/mol. The normalized spacial score (nSPS) is 14.8. The number of aromatic nitrogens is 1. The first-order chi connectivity index (χ1) is 12.6. The Morgan fingerprint density at radius 3 is 2.58 bits per heavy atom. The maximum Gasteiger partial charge on any atom is 0.272 e. The van der Waals surface area contributed by atoms with Crippen LogP contribution in [0.4, 0.5) is 0 Å². The minimum absolute atomic E-state index is 0.121. The largest absolute Gasteiger partial charge is 0.483 e. The summed E-state index contributed by atoms with van der Waals surface area (Å²) in [4.78, 5) is 25.4. The van der Waals surface area contributed by atoms with Gasteiger partial charge in [-0.15, -0.1) is 0 Å². The number of amides is 1. The highest BCUT2D eigenvalue weighted by atomic mass is 16.5. The van der Waals surface area contributed by atoms with Gasteiger partial charge in [0.2, 0.25) is 5.43 Å². The van der Waals surface area contributed by atoms with Crippen molar-refractivity contribution in [3.8, 4) is 5.75 Å². The van der Waals surface area contributed by atoms with E-state index in [4.69, 9.17) is 4.74 Å². The zero-order valence-electron chi connectivity index (χ0n) is 15.5. The fourth-order valence-electron chi connectivity index (χ4n) is 3.42. The number of aryl methyl sites for hydroxylation is 1. The van der Waals surface area contributed by atoms with Gasteiger partial charge in [0.05, 0.1) is 0 Å². The molecular formula is C21H26N2O3. The van der Waals surface area contributed by atoms with E-state index in [2.05, 4.69) is 5.32 Å². The number of hydrogen-bond acceptors (Lipinski definition) is 3. The maximum absolute atomic E-state index is 12.9. The maximum atomic E-state index is 12.9. The minimum Gasteiger partial charge on any atom is -0.483 e.